The fraction of sp³-hybridized carbons (Fsp3) is 0.200. The Labute approximate surface area is 120 Å². The lowest BCUT2D eigenvalue weighted by Gasteiger charge is -2.14. The molecule has 0 spiro atoms. The highest BCUT2D eigenvalue weighted by Gasteiger charge is 2.33. The summed E-state index contributed by atoms with van der Waals surface area (Å²) in [7, 11) is 1.52. The summed E-state index contributed by atoms with van der Waals surface area (Å²) >= 11 is 0. The van der Waals surface area contributed by atoms with Crippen LogP contribution in [0.5, 0.6) is 17.2 Å². The Morgan fingerprint density at radius 2 is 1.67 bits per heavy atom. The van der Waals surface area contributed by atoms with Gasteiger partial charge in [-0.25, -0.2) is 0 Å². The summed E-state index contributed by atoms with van der Waals surface area (Å²) in [4.78, 5) is 0. The second kappa shape index (κ2) is 6.05. The van der Waals surface area contributed by atoms with Gasteiger partial charge in [0.15, 0.2) is 0 Å². The van der Waals surface area contributed by atoms with E-state index >= 15 is 0 Å². The number of alkyl halides is 3. The van der Waals surface area contributed by atoms with Crippen molar-refractivity contribution in [2.75, 3.05) is 7.11 Å². The van der Waals surface area contributed by atoms with Gasteiger partial charge in [0, 0.05) is 12.6 Å². The van der Waals surface area contributed by atoms with Gasteiger partial charge in [-0.05, 0) is 35.9 Å². The molecule has 21 heavy (non-hydrogen) atoms. The third kappa shape index (κ3) is 3.66. The van der Waals surface area contributed by atoms with Crippen molar-refractivity contribution in [1.29, 1.82) is 0 Å². The maximum atomic E-state index is 12.8. The lowest BCUT2D eigenvalue weighted by molar-refractivity contribution is -0.138. The summed E-state index contributed by atoms with van der Waals surface area (Å²) in [5, 5.41) is 0. The first-order valence-corrected chi connectivity index (χ1v) is 6.16. The Kier molecular flexibility index (Phi) is 4.37. The lowest BCUT2D eigenvalue weighted by atomic mass is 10.1. The van der Waals surface area contributed by atoms with Gasteiger partial charge < -0.3 is 15.2 Å². The Morgan fingerprint density at radius 1 is 1.00 bits per heavy atom. The summed E-state index contributed by atoms with van der Waals surface area (Å²) < 4.78 is 48.9. The number of halogens is 3. The van der Waals surface area contributed by atoms with Crippen molar-refractivity contribution in [3.05, 3.63) is 53.6 Å². The van der Waals surface area contributed by atoms with Crippen LogP contribution in [0.3, 0.4) is 0 Å². The SMILES string of the molecule is COc1cccc(Oc2ccc(C(F)(F)F)c(CN)c2)c1. The van der Waals surface area contributed by atoms with E-state index in [1.165, 1.54) is 19.2 Å². The van der Waals surface area contributed by atoms with Crippen molar-refractivity contribution in [2.24, 2.45) is 5.73 Å². The minimum atomic E-state index is -4.43. The predicted octanol–water partition coefficient (Wildman–Crippen LogP) is 3.97. The van der Waals surface area contributed by atoms with Gasteiger partial charge in [-0.2, -0.15) is 13.2 Å². The van der Waals surface area contributed by atoms with Crippen LogP contribution in [0.1, 0.15) is 11.1 Å². The maximum absolute atomic E-state index is 12.8. The van der Waals surface area contributed by atoms with Crippen molar-refractivity contribution in [2.45, 2.75) is 12.7 Å². The fourth-order valence-electron chi connectivity index (χ4n) is 1.88. The van der Waals surface area contributed by atoms with E-state index in [2.05, 4.69) is 0 Å². The second-order valence-electron chi connectivity index (χ2n) is 4.30. The third-order valence-electron chi connectivity index (χ3n) is 2.88. The van der Waals surface area contributed by atoms with Crippen molar-refractivity contribution < 1.29 is 22.6 Å². The molecule has 0 saturated carbocycles. The maximum Gasteiger partial charge on any atom is 0.416 e. The van der Waals surface area contributed by atoms with Crippen molar-refractivity contribution in [3.63, 3.8) is 0 Å². The highest BCUT2D eigenvalue weighted by molar-refractivity contribution is 5.41. The van der Waals surface area contributed by atoms with Crippen LogP contribution in [0, 0.1) is 0 Å². The minimum Gasteiger partial charge on any atom is -0.497 e. The highest BCUT2D eigenvalue weighted by Crippen LogP contribution is 2.35. The van der Waals surface area contributed by atoms with Crippen LogP contribution in [0.15, 0.2) is 42.5 Å². The van der Waals surface area contributed by atoms with E-state index in [0.29, 0.717) is 11.5 Å². The molecule has 3 nitrogen and oxygen atoms in total. The molecule has 0 atom stereocenters. The Morgan fingerprint density at radius 3 is 2.29 bits per heavy atom. The Hall–Kier alpha value is -2.21. The smallest absolute Gasteiger partial charge is 0.416 e. The van der Waals surface area contributed by atoms with E-state index in [1.807, 2.05) is 0 Å². The zero-order valence-corrected chi connectivity index (χ0v) is 11.3. The summed E-state index contributed by atoms with van der Waals surface area (Å²) in [5.74, 6) is 1.35. The first kappa shape index (κ1) is 15.2. The van der Waals surface area contributed by atoms with Crippen LogP contribution in [0.2, 0.25) is 0 Å². The molecular formula is C15H14F3NO2. The molecule has 2 aromatic carbocycles. The number of nitrogens with two attached hydrogens (primary N) is 1. The molecule has 0 aliphatic carbocycles. The van der Waals surface area contributed by atoms with E-state index in [9.17, 15) is 13.2 Å². The molecule has 2 N–H and O–H groups in total. The standard InChI is InChI=1S/C15H14F3NO2/c1-20-11-3-2-4-12(8-11)21-13-5-6-14(15(16,17)18)10(7-13)9-19/h2-8H,9,19H2,1H3. The minimum absolute atomic E-state index is 0.0112. The third-order valence-corrected chi connectivity index (χ3v) is 2.88. The zero-order valence-electron chi connectivity index (χ0n) is 11.3. The summed E-state index contributed by atoms with van der Waals surface area (Å²) in [6, 6.07) is 10.3. The Balaban J connectivity index is 2.29. The molecule has 0 aromatic heterocycles. The molecule has 0 saturated heterocycles. The molecule has 0 fully saturated rings. The molecule has 0 unspecified atom stereocenters. The molecule has 2 aromatic rings. The number of hydrogen-bond acceptors (Lipinski definition) is 3. The van der Waals surface area contributed by atoms with Gasteiger partial charge in [0.25, 0.3) is 0 Å². The number of hydrogen-bond donors (Lipinski definition) is 1. The van der Waals surface area contributed by atoms with Crippen LogP contribution < -0.4 is 15.2 Å². The molecule has 0 radical (unpaired) electrons. The summed E-state index contributed by atoms with van der Waals surface area (Å²) in [6.07, 6.45) is -4.43. The number of rotatable bonds is 4. The van der Waals surface area contributed by atoms with Gasteiger partial charge >= 0.3 is 6.18 Å². The van der Waals surface area contributed by atoms with Gasteiger partial charge in [0.2, 0.25) is 0 Å². The molecule has 0 heterocycles. The van der Waals surface area contributed by atoms with E-state index in [0.717, 1.165) is 6.07 Å². The number of ether oxygens (including phenoxy) is 2. The molecule has 0 aliphatic rings. The average Bonchev–Trinajstić information content (AvgIpc) is 2.46. The highest BCUT2D eigenvalue weighted by atomic mass is 19.4. The quantitative estimate of drug-likeness (QED) is 0.929. The van der Waals surface area contributed by atoms with Crippen molar-refractivity contribution >= 4 is 0 Å². The van der Waals surface area contributed by atoms with Gasteiger partial charge in [-0.15, -0.1) is 0 Å². The lowest BCUT2D eigenvalue weighted by Crippen LogP contribution is -2.11. The molecule has 2 rings (SSSR count). The van der Waals surface area contributed by atoms with Gasteiger partial charge in [-0.3, -0.25) is 0 Å². The van der Waals surface area contributed by atoms with Crippen molar-refractivity contribution in [1.82, 2.24) is 0 Å². The molecular weight excluding hydrogens is 283 g/mol. The van der Waals surface area contributed by atoms with E-state index < -0.39 is 11.7 Å². The van der Waals surface area contributed by atoms with E-state index in [4.69, 9.17) is 15.2 Å². The van der Waals surface area contributed by atoms with Gasteiger partial charge in [0.05, 0.1) is 12.7 Å². The van der Waals surface area contributed by atoms with Gasteiger partial charge in [-0.1, -0.05) is 6.07 Å². The largest absolute Gasteiger partial charge is 0.497 e. The van der Waals surface area contributed by atoms with E-state index in [1.54, 1.807) is 24.3 Å². The normalized spacial score (nSPS) is 11.3. The van der Waals surface area contributed by atoms with Crippen LogP contribution in [0.4, 0.5) is 13.2 Å². The topological polar surface area (TPSA) is 44.5 Å². The number of benzene rings is 2. The fourth-order valence-corrected chi connectivity index (χ4v) is 1.88. The molecule has 0 aliphatic heterocycles. The molecule has 112 valence electrons. The second-order valence-corrected chi connectivity index (χ2v) is 4.30. The first-order valence-electron chi connectivity index (χ1n) is 6.16. The summed E-state index contributed by atoms with van der Waals surface area (Å²) in [6.45, 7) is -0.218. The van der Waals surface area contributed by atoms with Crippen LogP contribution in [0.25, 0.3) is 0 Å². The van der Waals surface area contributed by atoms with Crippen LogP contribution >= 0.6 is 0 Å². The molecule has 0 amide bonds. The number of methoxy groups -OCH3 is 1. The first-order chi connectivity index (χ1) is 9.94. The monoisotopic (exact) mass is 297 g/mol. The Bertz CT molecular complexity index is 627. The summed E-state index contributed by atoms with van der Waals surface area (Å²) in [5.41, 5.74) is 4.62. The van der Waals surface area contributed by atoms with Crippen LogP contribution in [-0.4, -0.2) is 7.11 Å². The zero-order chi connectivity index (χ0) is 15.5. The average molecular weight is 297 g/mol. The predicted molar refractivity (Wildman–Crippen MR) is 72.4 cm³/mol. The van der Waals surface area contributed by atoms with Gasteiger partial charge in [0.1, 0.15) is 17.2 Å². The molecule has 0 bridgehead atoms. The molecule has 6 heteroatoms. The van der Waals surface area contributed by atoms with E-state index in [-0.39, 0.29) is 17.9 Å². The van der Waals surface area contributed by atoms with Crippen molar-refractivity contribution in [3.8, 4) is 17.2 Å². The van der Waals surface area contributed by atoms with Crippen LogP contribution in [-0.2, 0) is 12.7 Å².